The van der Waals surface area contributed by atoms with Crippen molar-refractivity contribution >= 4 is 106 Å². The lowest BCUT2D eigenvalue weighted by atomic mass is 10.2. The molecule has 1 fully saturated rings. The molecule has 3 rings (SSSR count). The molecule has 1 aliphatic heterocycles. The van der Waals surface area contributed by atoms with Gasteiger partial charge in [-0.3, -0.25) is 62.5 Å². The lowest BCUT2D eigenvalue weighted by Gasteiger charge is -2.25. The van der Waals surface area contributed by atoms with Crippen molar-refractivity contribution in [3.63, 3.8) is 0 Å². The third kappa shape index (κ3) is 21.1. The molecular formula is C42H50N4O24S. The number of anilines is 1. The molecular weight excluding hydrogens is 977 g/mol. The standard InChI is InChI=1S/C42H50N4O24S/c1-25(47)60-19-45-34(41(57)46(42(45)71)20-61-26(2)48)13-32-11-31-12-36(33(14-35(31)70-32)44(17-39(55)68-23-64-29(5)51)18-40(56)69-24-65-30(6)52)59-10-9-58-8-7-43(15-37(53)66-21-62-27(3)49)16-38(54)67-22-63-28(4)50/h11-14H,7-10,15-24H2,1-6H3/b34-13-. The van der Waals surface area contributed by atoms with Gasteiger partial charge in [0, 0.05) is 65.6 Å². The minimum atomic E-state index is -1.00. The number of hydrogen-bond acceptors (Lipinski definition) is 27. The summed E-state index contributed by atoms with van der Waals surface area (Å²) in [6.45, 7) is -0.347. The summed E-state index contributed by atoms with van der Waals surface area (Å²) in [7, 11) is 0. The van der Waals surface area contributed by atoms with E-state index in [9.17, 15) is 52.7 Å². The number of nitrogens with zero attached hydrogens (tertiary/aromatic N) is 4. The highest BCUT2D eigenvalue weighted by atomic mass is 32.1. The van der Waals surface area contributed by atoms with Crippen molar-refractivity contribution in [2.45, 2.75) is 41.5 Å². The second-order valence-corrected chi connectivity index (χ2v) is 14.5. The van der Waals surface area contributed by atoms with Crippen molar-refractivity contribution in [2.24, 2.45) is 0 Å². The fraction of sp³-hybridized carbons (Fsp3) is 0.476. The van der Waals surface area contributed by atoms with Crippen molar-refractivity contribution in [3.05, 3.63) is 29.7 Å². The number of ether oxygens (including phenoxy) is 12. The van der Waals surface area contributed by atoms with E-state index in [0.29, 0.717) is 5.39 Å². The van der Waals surface area contributed by atoms with Crippen LogP contribution in [0.2, 0.25) is 0 Å². The van der Waals surface area contributed by atoms with Gasteiger partial charge >= 0.3 is 59.7 Å². The van der Waals surface area contributed by atoms with Crippen molar-refractivity contribution in [1.29, 1.82) is 0 Å². The normalized spacial score (nSPS) is 12.5. The van der Waals surface area contributed by atoms with Gasteiger partial charge in [0.05, 0.1) is 32.0 Å². The van der Waals surface area contributed by atoms with E-state index in [1.807, 2.05) is 0 Å². The minimum absolute atomic E-state index is 0.00667. The highest BCUT2D eigenvalue weighted by Crippen LogP contribution is 2.36. The number of hydrogen-bond donors (Lipinski definition) is 0. The highest BCUT2D eigenvalue weighted by molar-refractivity contribution is 7.80. The number of carbonyl (C=O) groups is 11. The summed E-state index contributed by atoms with van der Waals surface area (Å²) in [6, 6.07) is 4.27. The van der Waals surface area contributed by atoms with Gasteiger partial charge in [0.1, 0.15) is 42.5 Å². The molecule has 0 aliphatic carbocycles. The van der Waals surface area contributed by atoms with Gasteiger partial charge in [0.2, 0.25) is 27.2 Å². The van der Waals surface area contributed by atoms with Crippen LogP contribution < -0.4 is 9.64 Å². The average molecular weight is 1030 g/mol. The Morgan fingerprint density at radius 2 is 1.01 bits per heavy atom. The molecule has 1 aromatic heterocycles. The van der Waals surface area contributed by atoms with Crippen LogP contribution in [0.3, 0.4) is 0 Å². The Kier molecular flexibility index (Phi) is 23.6. The maximum Gasteiger partial charge on any atom is 0.328 e. The Morgan fingerprint density at radius 1 is 0.563 bits per heavy atom. The summed E-state index contributed by atoms with van der Waals surface area (Å²) in [5.41, 5.74) is -0.0793. The van der Waals surface area contributed by atoms with Crippen LogP contribution in [-0.4, -0.2) is 179 Å². The number of thiocarbonyl (C=S) groups is 1. The molecule has 0 atom stereocenters. The second kappa shape index (κ2) is 29.2. The van der Waals surface area contributed by atoms with Crippen LogP contribution in [0.5, 0.6) is 5.75 Å². The topological polar surface area (TPSA) is 325 Å². The molecule has 1 saturated heterocycles. The van der Waals surface area contributed by atoms with E-state index in [2.05, 4.69) is 9.47 Å². The van der Waals surface area contributed by atoms with Crippen LogP contribution in [0, 0.1) is 0 Å². The van der Waals surface area contributed by atoms with E-state index in [1.165, 1.54) is 29.2 Å². The van der Waals surface area contributed by atoms with Crippen LogP contribution >= 0.6 is 12.2 Å². The molecule has 29 heteroatoms. The Labute approximate surface area is 408 Å². The van der Waals surface area contributed by atoms with Gasteiger partial charge in [-0.2, -0.15) is 0 Å². The molecule has 0 radical (unpaired) electrons. The lowest BCUT2D eigenvalue weighted by Crippen LogP contribution is -2.38. The number of carbonyl (C=O) groups excluding carboxylic acids is 11. The first-order valence-electron chi connectivity index (χ1n) is 20.7. The molecule has 0 spiro atoms. The van der Waals surface area contributed by atoms with E-state index in [1.54, 1.807) is 0 Å². The number of esters is 10. The molecule has 1 aromatic carbocycles. The average Bonchev–Trinajstić information content (AvgIpc) is 3.76. The predicted molar refractivity (Wildman–Crippen MR) is 235 cm³/mol. The first-order valence-corrected chi connectivity index (χ1v) is 21.1. The lowest BCUT2D eigenvalue weighted by molar-refractivity contribution is -0.170. The first kappa shape index (κ1) is 57.4. The molecule has 71 heavy (non-hydrogen) atoms. The van der Waals surface area contributed by atoms with Gasteiger partial charge in [0.25, 0.3) is 5.91 Å². The Balaban J connectivity index is 1.97. The summed E-state index contributed by atoms with van der Waals surface area (Å²) in [5.74, 6) is -8.84. The molecule has 2 heterocycles. The van der Waals surface area contributed by atoms with Gasteiger partial charge in [-0.25, -0.2) is 4.90 Å². The van der Waals surface area contributed by atoms with E-state index in [4.69, 9.17) is 64.0 Å². The summed E-state index contributed by atoms with van der Waals surface area (Å²) in [5, 5.41) is 0.154. The van der Waals surface area contributed by atoms with E-state index in [0.717, 1.165) is 56.2 Å². The van der Waals surface area contributed by atoms with Crippen molar-refractivity contribution in [2.75, 3.05) is 98.1 Å². The molecule has 2 aromatic rings. The van der Waals surface area contributed by atoms with Crippen molar-refractivity contribution in [3.8, 4) is 5.75 Å². The smallest absolute Gasteiger partial charge is 0.328 e. The zero-order valence-corrected chi connectivity index (χ0v) is 40.0. The second-order valence-electron chi connectivity index (χ2n) is 14.1. The predicted octanol–water partition coefficient (Wildman–Crippen LogP) is 0.00300. The molecule has 0 N–H and O–H groups in total. The largest absolute Gasteiger partial charge is 0.489 e. The maximum atomic E-state index is 13.6. The van der Waals surface area contributed by atoms with Gasteiger partial charge < -0.3 is 66.2 Å². The van der Waals surface area contributed by atoms with Crippen LogP contribution in [0.25, 0.3) is 17.0 Å². The Morgan fingerprint density at radius 3 is 1.48 bits per heavy atom. The maximum absolute atomic E-state index is 13.6. The summed E-state index contributed by atoms with van der Waals surface area (Å²) < 4.78 is 66.3. The highest BCUT2D eigenvalue weighted by Gasteiger charge is 2.39. The molecule has 0 unspecified atom stereocenters. The van der Waals surface area contributed by atoms with E-state index >= 15 is 0 Å². The fourth-order valence-electron chi connectivity index (χ4n) is 5.44. The van der Waals surface area contributed by atoms with Gasteiger partial charge in [-0.05, 0) is 24.4 Å². The van der Waals surface area contributed by atoms with E-state index in [-0.39, 0.29) is 60.0 Å². The molecule has 0 saturated carbocycles. The van der Waals surface area contributed by atoms with Gasteiger partial charge in [-0.15, -0.1) is 0 Å². The number of furan rings is 1. The molecule has 28 nitrogen and oxygen atoms in total. The number of fused-ring (bicyclic) bond motifs is 1. The number of rotatable bonds is 29. The van der Waals surface area contributed by atoms with E-state index < -0.39 is 132 Å². The van der Waals surface area contributed by atoms with Gasteiger partial charge in [0.15, 0.2) is 18.6 Å². The summed E-state index contributed by atoms with van der Waals surface area (Å²) in [6.07, 6.45) is 1.26. The van der Waals surface area contributed by atoms with Gasteiger partial charge in [-0.1, -0.05) is 0 Å². The van der Waals surface area contributed by atoms with Crippen molar-refractivity contribution < 1.29 is 114 Å². The fourth-order valence-corrected chi connectivity index (χ4v) is 5.73. The molecule has 1 aliphatic rings. The molecule has 388 valence electrons. The quantitative estimate of drug-likeness (QED) is 0.0259. The number of benzene rings is 1. The zero-order valence-electron chi connectivity index (χ0n) is 39.2. The SMILES string of the molecule is CC(=O)OCOC(=O)CN(CCOCCOc1cc2cc(/C=C3/C(=O)N(COC(C)=O)C(=S)N3COC(C)=O)oc2cc1N(CC(=O)OCOC(C)=O)CC(=O)OCOC(C)=O)CC(=O)OCOC(C)=O. The minimum Gasteiger partial charge on any atom is -0.489 e. The Hall–Kier alpha value is -7.92. The van der Waals surface area contributed by atoms with Crippen LogP contribution in [0.15, 0.2) is 28.3 Å². The van der Waals surface area contributed by atoms with Crippen LogP contribution in [-0.2, 0) is 105 Å². The monoisotopic (exact) mass is 1030 g/mol. The zero-order chi connectivity index (χ0) is 52.6. The third-order valence-electron chi connectivity index (χ3n) is 8.56. The van der Waals surface area contributed by atoms with Crippen molar-refractivity contribution in [1.82, 2.24) is 14.7 Å². The van der Waals surface area contributed by atoms with Crippen LogP contribution in [0.4, 0.5) is 5.69 Å². The van der Waals surface area contributed by atoms with Crippen LogP contribution in [0.1, 0.15) is 47.3 Å². The summed E-state index contributed by atoms with van der Waals surface area (Å²) in [4.78, 5) is 137. The molecule has 0 bridgehead atoms. The molecule has 1 amide bonds. The Bertz CT molecular complexity index is 2280. The third-order valence-corrected chi connectivity index (χ3v) is 9.00. The first-order chi connectivity index (χ1) is 33.6. The number of amides is 1. The summed E-state index contributed by atoms with van der Waals surface area (Å²) >= 11 is 5.42.